The van der Waals surface area contributed by atoms with Gasteiger partial charge in [0.1, 0.15) is 36.3 Å². The second-order valence-electron chi connectivity index (χ2n) is 7.87. The summed E-state index contributed by atoms with van der Waals surface area (Å²) >= 11 is 1.35. The van der Waals surface area contributed by atoms with Gasteiger partial charge in [-0.05, 0) is 41.5 Å². The summed E-state index contributed by atoms with van der Waals surface area (Å²) in [5.41, 5.74) is 2.82. The van der Waals surface area contributed by atoms with Crippen LogP contribution in [0.15, 0.2) is 94.8 Å². The number of hydrogen-bond acceptors (Lipinski definition) is 6. The van der Waals surface area contributed by atoms with Gasteiger partial charge in [-0.15, -0.1) is 0 Å². The third kappa shape index (κ3) is 5.04. The number of ether oxygens (including phenoxy) is 3. The molecule has 180 valence electrons. The number of carbonyl (C=O) groups is 1. The quantitative estimate of drug-likeness (QED) is 0.329. The maximum absolute atomic E-state index is 12.7. The fourth-order valence-corrected chi connectivity index (χ4v) is 4.64. The Morgan fingerprint density at radius 2 is 1.64 bits per heavy atom. The molecular weight excluding hydrogens is 474 g/mol. The Morgan fingerprint density at radius 3 is 2.39 bits per heavy atom. The van der Waals surface area contributed by atoms with Gasteiger partial charge < -0.3 is 14.2 Å². The molecule has 0 atom stereocenters. The first-order chi connectivity index (χ1) is 17.6. The largest absolute Gasteiger partial charge is 0.497 e. The molecule has 5 rings (SSSR count). The summed E-state index contributed by atoms with van der Waals surface area (Å²) in [4.78, 5) is 18.6. The number of fused-ring (bicyclic) bond motifs is 1. The van der Waals surface area contributed by atoms with Crippen molar-refractivity contribution in [1.82, 2.24) is 4.90 Å². The minimum absolute atomic E-state index is 0.111. The molecule has 0 aromatic heterocycles. The molecule has 3 aromatic carbocycles. The van der Waals surface area contributed by atoms with E-state index in [0.717, 1.165) is 22.6 Å². The zero-order valence-corrected chi connectivity index (χ0v) is 20.3. The third-order valence-electron chi connectivity index (χ3n) is 5.54. The fraction of sp³-hybridized carbons (Fsp3) is 0.107. The van der Waals surface area contributed by atoms with E-state index < -0.39 is 5.91 Å². The Kier molecular flexibility index (Phi) is 6.86. The summed E-state index contributed by atoms with van der Waals surface area (Å²) in [6, 6.07) is 24.5. The van der Waals surface area contributed by atoms with E-state index in [1.165, 1.54) is 11.8 Å². The lowest BCUT2D eigenvalue weighted by atomic mass is 10.1. The predicted octanol–water partition coefficient (Wildman–Crippen LogP) is 5.46. The second-order valence-corrected chi connectivity index (χ2v) is 8.71. The highest BCUT2D eigenvalue weighted by Gasteiger charge is 2.36. The molecule has 0 bridgehead atoms. The van der Waals surface area contributed by atoms with Gasteiger partial charge in [-0.25, -0.2) is 0 Å². The number of thioether (sulfide) groups is 1. The van der Waals surface area contributed by atoms with Crippen LogP contribution in [-0.4, -0.2) is 42.1 Å². The van der Waals surface area contributed by atoms with Crippen molar-refractivity contribution in [2.75, 3.05) is 20.3 Å². The molecule has 0 spiro atoms. The number of hydrogen-bond donors (Lipinski definition) is 1. The molecule has 7 nitrogen and oxygen atoms in total. The van der Waals surface area contributed by atoms with Crippen LogP contribution < -0.4 is 14.2 Å². The lowest BCUT2D eigenvalue weighted by Crippen LogP contribution is -2.38. The molecule has 2 aliphatic rings. The summed E-state index contributed by atoms with van der Waals surface area (Å²) in [5.74, 6) is 1.82. The topological polar surface area (TPSA) is 84.2 Å². The molecular formula is C28H23N3O4S. The summed E-state index contributed by atoms with van der Waals surface area (Å²) < 4.78 is 16.7. The summed E-state index contributed by atoms with van der Waals surface area (Å²) in [7, 11) is 1.61. The van der Waals surface area contributed by atoms with Crippen molar-refractivity contribution in [2.45, 2.75) is 0 Å². The molecule has 2 aliphatic heterocycles. The van der Waals surface area contributed by atoms with Gasteiger partial charge in [0.15, 0.2) is 5.17 Å². The molecule has 0 radical (unpaired) electrons. The van der Waals surface area contributed by atoms with Crippen molar-refractivity contribution in [1.29, 1.82) is 5.41 Å². The van der Waals surface area contributed by atoms with Gasteiger partial charge in [0, 0.05) is 11.5 Å². The van der Waals surface area contributed by atoms with Crippen LogP contribution in [-0.2, 0) is 4.79 Å². The molecule has 0 fully saturated rings. The number of nitrogens with one attached hydrogen (secondary N) is 1. The number of amidine groups is 2. The maximum atomic E-state index is 12.7. The number of aliphatic imine (C=N–C) groups is 1. The van der Waals surface area contributed by atoms with E-state index >= 15 is 0 Å². The number of amides is 1. The highest BCUT2D eigenvalue weighted by Crippen LogP contribution is 2.37. The molecule has 0 saturated heterocycles. The van der Waals surface area contributed by atoms with Crippen LogP contribution in [0.4, 0.5) is 0 Å². The highest BCUT2D eigenvalue weighted by atomic mass is 32.2. The van der Waals surface area contributed by atoms with Crippen LogP contribution in [0.2, 0.25) is 0 Å². The van der Waals surface area contributed by atoms with Crippen LogP contribution >= 0.6 is 11.8 Å². The Morgan fingerprint density at radius 1 is 0.917 bits per heavy atom. The average molecular weight is 498 g/mol. The lowest BCUT2D eigenvalue weighted by molar-refractivity contribution is -0.114. The third-order valence-corrected chi connectivity index (χ3v) is 6.36. The normalized spacial score (nSPS) is 15.9. The minimum atomic E-state index is -0.420. The van der Waals surface area contributed by atoms with Gasteiger partial charge >= 0.3 is 0 Å². The predicted molar refractivity (Wildman–Crippen MR) is 142 cm³/mol. The molecule has 36 heavy (non-hydrogen) atoms. The number of methoxy groups -OCH3 is 1. The van der Waals surface area contributed by atoms with Gasteiger partial charge in [0.05, 0.1) is 18.4 Å². The first-order valence-electron chi connectivity index (χ1n) is 11.3. The van der Waals surface area contributed by atoms with Crippen molar-refractivity contribution in [3.05, 3.63) is 101 Å². The molecule has 8 heteroatoms. The van der Waals surface area contributed by atoms with Gasteiger partial charge in [0.25, 0.3) is 5.91 Å². The van der Waals surface area contributed by atoms with Crippen LogP contribution in [0, 0.1) is 5.41 Å². The molecule has 0 aliphatic carbocycles. The van der Waals surface area contributed by atoms with E-state index in [2.05, 4.69) is 4.99 Å². The monoisotopic (exact) mass is 497 g/mol. The Labute approximate surface area is 213 Å². The van der Waals surface area contributed by atoms with Gasteiger partial charge in [0.2, 0.25) is 0 Å². The Bertz CT molecular complexity index is 1380. The smallest absolute Gasteiger partial charge is 0.283 e. The highest BCUT2D eigenvalue weighted by molar-refractivity contribution is 8.17. The van der Waals surface area contributed by atoms with Crippen molar-refractivity contribution in [2.24, 2.45) is 4.99 Å². The van der Waals surface area contributed by atoms with Gasteiger partial charge in [-0.2, -0.15) is 4.99 Å². The average Bonchev–Trinajstić information content (AvgIpc) is 3.34. The molecule has 0 unspecified atom stereocenters. The second kappa shape index (κ2) is 10.5. The molecule has 0 saturated carbocycles. The van der Waals surface area contributed by atoms with Crippen LogP contribution in [0.25, 0.3) is 11.8 Å². The SMILES string of the molecule is COc1cccc(OCCOc2ccc(/C=C3/C(=N)N4C(c5ccccc5)=CSC4=NC3=O)cc2)c1. The standard InChI is InChI=1S/C28H23N3O4S/c1-33-22-8-5-9-23(17-22)35-15-14-34-21-12-10-19(11-13-21)16-24-26(29)31-25(20-6-3-2-4-7-20)18-36-28(31)30-27(24)32/h2-13,16-18,29H,14-15H2,1H3/b24-16-,29-26?. The zero-order valence-electron chi connectivity index (χ0n) is 19.5. The van der Waals surface area contributed by atoms with Crippen LogP contribution in [0.1, 0.15) is 11.1 Å². The van der Waals surface area contributed by atoms with Crippen molar-refractivity contribution in [3.8, 4) is 17.2 Å². The van der Waals surface area contributed by atoms with E-state index in [1.54, 1.807) is 18.1 Å². The van der Waals surface area contributed by atoms with Crippen LogP contribution in [0.5, 0.6) is 17.2 Å². The number of nitrogens with zero attached hydrogens (tertiary/aromatic N) is 2. The van der Waals surface area contributed by atoms with E-state index in [-0.39, 0.29) is 11.4 Å². The van der Waals surface area contributed by atoms with Gasteiger partial charge in [-0.3, -0.25) is 15.1 Å². The summed E-state index contributed by atoms with van der Waals surface area (Å²) in [5, 5.41) is 11.2. The minimum Gasteiger partial charge on any atom is -0.497 e. The van der Waals surface area contributed by atoms with E-state index in [9.17, 15) is 4.79 Å². The van der Waals surface area contributed by atoms with E-state index in [0.29, 0.717) is 29.9 Å². The molecule has 1 amide bonds. The number of benzene rings is 3. The van der Waals surface area contributed by atoms with E-state index in [4.69, 9.17) is 19.6 Å². The van der Waals surface area contributed by atoms with Crippen molar-refractivity contribution < 1.29 is 19.0 Å². The Hall–Kier alpha value is -4.30. The van der Waals surface area contributed by atoms with Crippen molar-refractivity contribution in [3.63, 3.8) is 0 Å². The molecule has 2 heterocycles. The Balaban J connectivity index is 1.22. The van der Waals surface area contributed by atoms with Gasteiger partial charge in [-0.1, -0.05) is 60.3 Å². The van der Waals surface area contributed by atoms with Crippen molar-refractivity contribution >= 4 is 40.4 Å². The number of rotatable bonds is 8. The lowest BCUT2D eigenvalue weighted by Gasteiger charge is -2.26. The number of carbonyl (C=O) groups excluding carboxylic acids is 1. The first kappa shape index (κ1) is 23.4. The molecule has 1 N–H and O–H groups in total. The first-order valence-corrected chi connectivity index (χ1v) is 12.2. The maximum Gasteiger partial charge on any atom is 0.283 e. The molecule has 3 aromatic rings. The summed E-state index contributed by atoms with van der Waals surface area (Å²) in [6.07, 6.45) is 1.69. The summed E-state index contributed by atoms with van der Waals surface area (Å²) in [6.45, 7) is 0.760. The van der Waals surface area contributed by atoms with E-state index in [1.807, 2.05) is 84.3 Å². The fourth-order valence-electron chi connectivity index (χ4n) is 3.75. The van der Waals surface area contributed by atoms with Crippen LogP contribution in [0.3, 0.4) is 0 Å². The zero-order chi connectivity index (χ0) is 24.9.